The zero-order valence-corrected chi connectivity index (χ0v) is 25.3. The van der Waals surface area contributed by atoms with Crippen molar-refractivity contribution in [2.24, 2.45) is 0 Å². The smallest absolute Gasteiger partial charge is 0.744 e. The Morgan fingerprint density at radius 2 is 1.15 bits per heavy atom. The molecule has 0 saturated heterocycles. The van der Waals surface area contributed by atoms with Crippen molar-refractivity contribution in [1.29, 1.82) is 0 Å². The van der Waals surface area contributed by atoms with E-state index in [0.717, 1.165) is 24.6 Å². The summed E-state index contributed by atoms with van der Waals surface area (Å²) in [5.74, 6) is 0. The van der Waals surface area contributed by atoms with Crippen LogP contribution < -0.4 is 51.4 Å². The summed E-state index contributed by atoms with van der Waals surface area (Å²) >= 11 is 0. The molecule has 2 aromatic carbocycles. The zero-order chi connectivity index (χ0) is 23.2. The molecule has 0 heterocycles. The van der Waals surface area contributed by atoms with Crippen molar-refractivity contribution in [3.8, 4) is 0 Å². The SMILES string of the molecule is CCCCCCCCCc1ccc2c(S(=O)(=O)[O-])cccc2c1CCCCCCCCC.[K+]. The molecule has 0 aliphatic carbocycles. The van der Waals surface area contributed by atoms with Gasteiger partial charge in [0.25, 0.3) is 0 Å². The molecule has 180 valence electrons. The maximum absolute atomic E-state index is 11.8. The molecule has 0 aromatic heterocycles. The Hall–Kier alpha value is 0.246. The molecule has 0 atom stereocenters. The van der Waals surface area contributed by atoms with Crippen LogP contribution in [0.25, 0.3) is 10.8 Å². The minimum atomic E-state index is -4.48. The fraction of sp³-hybridized carbons (Fsp3) is 0.643. The van der Waals surface area contributed by atoms with E-state index >= 15 is 0 Å². The van der Waals surface area contributed by atoms with E-state index in [1.54, 1.807) is 6.07 Å². The van der Waals surface area contributed by atoms with Gasteiger partial charge in [-0.2, -0.15) is 0 Å². The molecule has 0 spiro atoms. The van der Waals surface area contributed by atoms with Gasteiger partial charge in [-0.1, -0.05) is 115 Å². The van der Waals surface area contributed by atoms with Crippen LogP contribution in [0.5, 0.6) is 0 Å². The third-order valence-electron chi connectivity index (χ3n) is 6.58. The summed E-state index contributed by atoms with van der Waals surface area (Å²) in [4.78, 5) is -0.0849. The van der Waals surface area contributed by atoms with E-state index < -0.39 is 10.1 Å². The molecule has 0 aliphatic heterocycles. The van der Waals surface area contributed by atoms with Crippen LogP contribution in [0, 0.1) is 0 Å². The van der Waals surface area contributed by atoms with E-state index in [1.165, 1.54) is 101 Å². The van der Waals surface area contributed by atoms with Gasteiger partial charge in [0.2, 0.25) is 0 Å². The van der Waals surface area contributed by atoms with E-state index in [0.29, 0.717) is 5.39 Å². The van der Waals surface area contributed by atoms with Gasteiger partial charge in [0.15, 0.2) is 0 Å². The average Bonchev–Trinajstić information content (AvgIpc) is 2.77. The van der Waals surface area contributed by atoms with Gasteiger partial charge < -0.3 is 4.55 Å². The number of aryl methyl sites for hydroxylation is 2. The Morgan fingerprint density at radius 3 is 1.70 bits per heavy atom. The summed E-state index contributed by atoms with van der Waals surface area (Å²) in [6, 6.07) is 9.08. The largest absolute Gasteiger partial charge is 1.00 e. The summed E-state index contributed by atoms with van der Waals surface area (Å²) < 4.78 is 35.4. The van der Waals surface area contributed by atoms with Gasteiger partial charge in [-0.05, 0) is 53.6 Å². The Bertz CT molecular complexity index is 909. The quantitative estimate of drug-likeness (QED) is 0.168. The summed E-state index contributed by atoms with van der Waals surface area (Å²) in [5, 5.41) is 1.54. The number of fused-ring (bicyclic) bond motifs is 1. The van der Waals surface area contributed by atoms with Crippen LogP contribution in [0.1, 0.15) is 115 Å². The van der Waals surface area contributed by atoms with Crippen molar-refractivity contribution >= 4 is 20.9 Å². The number of hydrogen-bond acceptors (Lipinski definition) is 3. The molecule has 0 amide bonds. The van der Waals surface area contributed by atoms with Crippen LogP contribution in [0.15, 0.2) is 35.2 Å². The molecule has 5 heteroatoms. The summed E-state index contributed by atoms with van der Waals surface area (Å²) in [5.41, 5.74) is 2.59. The van der Waals surface area contributed by atoms with Crippen LogP contribution in [0.3, 0.4) is 0 Å². The number of benzene rings is 2. The van der Waals surface area contributed by atoms with Crippen LogP contribution in [-0.4, -0.2) is 13.0 Å². The third-order valence-corrected chi connectivity index (χ3v) is 7.47. The maximum Gasteiger partial charge on any atom is 1.00 e. The van der Waals surface area contributed by atoms with E-state index in [1.807, 2.05) is 12.1 Å². The van der Waals surface area contributed by atoms with Crippen molar-refractivity contribution in [2.75, 3.05) is 0 Å². The fourth-order valence-corrected chi connectivity index (χ4v) is 5.41. The summed E-state index contributed by atoms with van der Waals surface area (Å²) in [7, 11) is -4.48. The Balaban J connectivity index is 0.00000544. The minimum absolute atomic E-state index is 0. The van der Waals surface area contributed by atoms with Gasteiger partial charge in [0.1, 0.15) is 10.1 Å². The third kappa shape index (κ3) is 11.2. The maximum atomic E-state index is 11.8. The first kappa shape index (κ1) is 31.3. The average molecular weight is 499 g/mol. The monoisotopic (exact) mass is 498 g/mol. The molecule has 33 heavy (non-hydrogen) atoms. The fourth-order valence-electron chi connectivity index (χ4n) is 4.72. The number of hydrogen-bond donors (Lipinski definition) is 0. The van der Waals surface area contributed by atoms with E-state index in [4.69, 9.17) is 0 Å². The topological polar surface area (TPSA) is 57.2 Å². The molecular formula is C28H43KO3S. The van der Waals surface area contributed by atoms with Crippen molar-refractivity contribution in [1.82, 2.24) is 0 Å². The van der Waals surface area contributed by atoms with Crippen molar-refractivity contribution < 1.29 is 64.4 Å². The predicted molar refractivity (Wildman–Crippen MR) is 135 cm³/mol. The van der Waals surface area contributed by atoms with Crippen LogP contribution in [0.2, 0.25) is 0 Å². The molecule has 0 unspecified atom stereocenters. The van der Waals surface area contributed by atoms with Crippen LogP contribution in [-0.2, 0) is 23.0 Å². The first-order chi connectivity index (χ1) is 15.5. The first-order valence-corrected chi connectivity index (χ1v) is 14.4. The molecule has 0 radical (unpaired) electrons. The van der Waals surface area contributed by atoms with Crippen molar-refractivity contribution in [2.45, 2.75) is 121 Å². The minimum Gasteiger partial charge on any atom is -0.744 e. The standard InChI is InChI=1S/C28H44O3S.K/c1-3-5-7-9-11-13-15-18-24-22-23-27-26(20-17-21-28(27)32(29,30)31)25(24)19-16-14-12-10-8-6-4-2;/h17,20-23H,3-16,18-19H2,1-2H3,(H,29,30,31);/q;+1/p-1. The molecule has 2 rings (SSSR count). The van der Waals surface area contributed by atoms with Crippen molar-refractivity contribution in [3.63, 3.8) is 0 Å². The van der Waals surface area contributed by atoms with E-state index in [2.05, 4.69) is 19.9 Å². The van der Waals surface area contributed by atoms with Gasteiger partial charge in [-0.15, -0.1) is 0 Å². The van der Waals surface area contributed by atoms with Gasteiger partial charge in [-0.25, -0.2) is 8.42 Å². The predicted octanol–water partition coefficient (Wildman–Crippen LogP) is 5.33. The molecule has 0 fully saturated rings. The molecular weight excluding hydrogens is 455 g/mol. The summed E-state index contributed by atoms with van der Waals surface area (Å²) in [6.45, 7) is 4.49. The second-order valence-electron chi connectivity index (χ2n) is 9.25. The summed E-state index contributed by atoms with van der Waals surface area (Å²) in [6.07, 6.45) is 19.7. The van der Waals surface area contributed by atoms with Crippen molar-refractivity contribution in [3.05, 3.63) is 41.5 Å². The second-order valence-corrected chi connectivity index (χ2v) is 10.6. The van der Waals surface area contributed by atoms with E-state index in [9.17, 15) is 13.0 Å². The molecule has 0 bridgehead atoms. The number of rotatable bonds is 17. The molecule has 0 N–H and O–H groups in total. The molecule has 0 aliphatic rings. The Kier molecular flexibility index (Phi) is 16.7. The Labute approximate surface area is 245 Å². The molecule has 3 nitrogen and oxygen atoms in total. The van der Waals surface area contributed by atoms with Gasteiger partial charge in [-0.3, -0.25) is 0 Å². The number of unbranched alkanes of at least 4 members (excludes halogenated alkanes) is 12. The van der Waals surface area contributed by atoms with E-state index in [-0.39, 0.29) is 56.3 Å². The second kappa shape index (κ2) is 17.6. The zero-order valence-electron chi connectivity index (χ0n) is 21.3. The van der Waals surface area contributed by atoms with Crippen LogP contribution in [0.4, 0.5) is 0 Å². The van der Waals surface area contributed by atoms with Gasteiger partial charge in [0, 0.05) is 0 Å². The Morgan fingerprint density at radius 1 is 0.636 bits per heavy atom. The molecule has 0 saturated carbocycles. The normalized spacial score (nSPS) is 11.6. The van der Waals surface area contributed by atoms with Gasteiger partial charge in [0.05, 0.1) is 4.90 Å². The first-order valence-electron chi connectivity index (χ1n) is 13.0. The van der Waals surface area contributed by atoms with Crippen LogP contribution >= 0.6 is 0 Å². The molecule has 2 aromatic rings. The van der Waals surface area contributed by atoms with Gasteiger partial charge >= 0.3 is 51.4 Å².